The Hall–Kier alpha value is -3.29. The van der Waals surface area contributed by atoms with Crippen molar-refractivity contribution in [2.75, 3.05) is 23.4 Å². The van der Waals surface area contributed by atoms with Gasteiger partial charge in [0.05, 0.1) is 18.1 Å². The lowest BCUT2D eigenvalue weighted by molar-refractivity contribution is -0.117. The van der Waals surface area contributed by atoms with Crippen molar-refractivity contribution in [3.05, 3.63) is 43.0 Å². The van der Waals surface area contributed by atoms with Gasteiger partial charge in [-0.15, -0.1) is 0 Å². The van der Waals surface area contributed by atoms with Crippen LogP contribution in [0.25, 0.3) is 11.2 Å². The summed E-state index contributed by atoms with van der Waals surface area (Å²) in [7, 11) is 1.75. The van der Waals surface area contributed by atoms with E-state index in [1.54, 1.807) is 18.3 Å². The molecule has 2 aromatic heterocycles. The fraction of sp³-hybridized carbons (Fsp3) is 0.350. The highest BCUT2D eigenvalue weighted by Gasteiger charge is 2.36. The van der Waals surface area contributed by atoms with E-state index >= 15 is 0 Å². The van der Waals surface area contributed by atoms with Crippen molar-refractivity contribution >= 4 is 34.4 Å². The molecule has 1 amide bonds. The lowest BCUT2D eigenvalue weighted by Crippen LogP contribution is -2.49. The van der Waals surface area contributed by atoms with E-state index in [2.05, 4.69) is 29.8 Å². The van der Waals surface area contributed by atoms with Crippen LogP contribution in [0.15, 0.2) is 48.0 Å². The van der Waals surface area contributed by atoms with Gasteiger partial charge in [-0.2, -0.15) is 0 Å². The molecule has 28 heavy (non-hydrogen) atoms. The Morgan fingerprint density at radius 1 is 1.29 bits per heavy atom. The number of imidazole rings is 1. The molecule has 3 heterocycles. The zero-order chi connectivity index (χ0) is 19.5. The molecule has 0 spiro atoms. The minimum absolute atomic E-state index is 0.0213. The number of benzene rings is 1. The first-order chi connectivity index (χ1) is 13.7. The number of rotatable bonds is 4. The van der Waals surface area contributed by atoms with Crippen LogP contribution in [0.4, 0.5) is 11.5 Å². The topological polar surface area (TPSA) is 90.4 Å². The number of fused-ring (bicyclic) bond motifs is 1. The molecule has 8 nitrogen and oxygen atoms in total. The summed E-state index contributed by atoms with van der Waals surface area (Å²) in [6.07, 6.45) is 5.44. The second-order valence-corrected chi connectivity index (χ2v) is 6.65. The number of para-hydroxylation sites is 1. The lowest BCUT2D eigenvalue weighted by atomic mass is 10.1. The van der Waals surface area contributed by atoms with Crippen LogP contribution in [0.5, 0.6) is 0 Å². The third kappa shape index (κ3) is 3.11. The molecule has 1 atom stereocenters. The molecule has 1 aromatic carbocycles. The maximum atomic E-state index is 12.9. The molecule has 0 saturated carbocycles. The zero-order valence-electron chi connectivity index (χ0n) is 16.0. The van der Waals surface area contributed by atoms with Gasteiger partial charge in [0.15, 0.2) is 11.5 Å². The van der Waals surface area contributed by atoms with Crippen molar-refractivity contribution in [3.63, 3.8) is 0 Å². The lowest BCUT2D eigenvalue weighted by Gasteiger charge is -2.33. The first kappa shape index (κ1) is 18.1. The number of aromatic nitrogens is 4. The quantitative estimate of drug-likeness (QED) is 0.558. The zero-order valence-corrected chi connectivity index (χ0v) is 16.0. The number of amidine groups is 1. The Morgan fingerprint density at radius 2 is 2.11 bits per heavy atom. The number of anilines is 2. The van der Waals surface area contributed by atoms with Crippen LogP contribution in [0.2, 0.25) is 0 Å². The van der Waals surface area contributed by atoms with E-state index in [0.717, 1.165) is 42.2 Å². The standard InChI is InChI=1S/C20H23N7O/c1-3-16(28)27(14-8-5-4-6-9-14)19(21-2)15-10-7-11-26(15)20-17-18(23-12-22-17)24-13-25-20/h4-6,8-9,12-13,15H,3,7,10-11H2,1-2H3,(H,22,23,24,25). The number of nitrogens with zero attached hydrogens (tertiary/aromatic N) is 6. The summed E-state index contributed by atoms with van der Waals surface area (Å²) < 4.78 is 0. The maximum absolute atomic E-state index is 12.9. The first-order valence-corrected chi connectivity index (χ1v) is 9.50. The monoisotopic (exact) mass is 377 g/mol. The van der Waals surface area contributed by atoms with Gasteiger partial charge in [-0.05, 0) is 25.0 Å². The molecule has 1 N–H and O–H groups in total. The van der Waals surface area contributed by atoms with Gasteiger partial charge in [-0.25, -0.2) is 15.0 Å². The fourth-order valence-electron chi connectivity index (χ4n) is 3.80. The van der Waals surface area contributed by atoms with Gasteiger partial charge in [-0.1, -0.05) is 25.1 Å². The number of hydrogen-bond donors (Lipinski definition) is 1. The van der Waals surface area contributed by atoms with Gasteiger partial charge in [0, 0.05) is 20.0 Å². The summed E-state index contributed by atoms with van der Waals surface area (Å²) in [6.45, 7) is 2.70. The molecule has 0 radical (unpaired) electrons. The number of amides is 1. The predicted octanol–water partition coefficient (Wildman–Crippen LogP) is 2.79. The molecule has 0 aliphatic carbocycles. The van der Waals surface area contributed by atoms with Gasteiger partial charge in [0.25, 0.3) is 0 Å². The number of aromatic amines is 1. The minimum atomic E-state index is -0.0536. The first-order valence-electron chi connectivity index (χ1n) is 9.50. The third-order valence-corrected chi connectivity index (χ3v) is 5.05. The highest BCUT2D eigenvalue weighted by atomic mass is 16.2. The Kier molecular flexibility index (Phi) is 5.01. The summed E-state index contributed by atoms with van der Waals surface area (Å²) in [5.74, 6) is 1.55. The molecule has 1 fully saturated rings. The number of nitrogens with one attached hydrogen (secondary N) is 1. The molecule has 1 aliphatic heterocycles. The van der Waals surface area contributed by atoms with E-state index in [1.165, 1.54) is 6.33 Å². The van der Waals surface area contributed by atoms with Crippen LogP contribution in [0.1, 0.15) is 26.2 Å². The van der Waals surface area contributed by atoms with Crippen molar-refractivity contribution in [2.24, 2.45) is 4.99 Å². The van der Waals surface area contributed by atoms with E-state index in [1.807, 2.05) is 37.3 Å². The largest absolute Gasteiger partial charge is 0.345 e. The predicted molar refractivity (Wildman–Crippen MR) is 110 cm³/mol. The SMILES string of the molecule is CCC(=O)N(C(=NC)C1CCCN1c1ncnc2nc[nH]c12)c1ccccc1. The average molecular weight is 377 g/mol. The molecule has 3 aromatic rings. The second kappa shape index (κ2) is 7.75. The van der Waals surface area contributed by atoms with Crippen molar-refractivity contribution in [1.82, 2.24) is 19.9 Å². The summed E-state index contributed by atoms with van der Waals surface area (Å²) in [6, 6.07) is 9.64. The molecule has 144 valence electrons. The molecule has 4 rings (SSSR count). The Bertz CT molecular complexity index is 998. The van der Waals surface area contributed by atoms with E-state index < -0.39 is 0 Å². The van der Waals surface area contributed by atoms with Gasteiger partial charge in [0.1, 0.15) is 17.7 Å². The van der Waals surface area contributed by atoms with E-state index in [4.69, 9.17) is 0 Å². The van der Waals surface area contributed by atoms with Crippen LogP contribution in [0.3, 0.4) is 0 Å². The van der Waals surface area contributed by atoms with Crippen LogP contribution < -0.4 is 9.80 Å². The van der Waals surface area contributed by atoms with Crippen LogP contribution >= 0.6 is 0 Å². The highest BCUT2D eigenvalue weighted by molar-refractivity contribution is 6.19. The number of carbonyl (C=O) groups is 1. The normalized spacial score (nSPS) is 17.3. The summed E-state index contributed by atoms with van der Waals surface area (Å²) in [4.78, 5) is 37.5. The number of carbonyl (C=O) groups excluding carboxylic acids is 1. The fourth-order valence-corrected chi connectivity index (χ4v) is 3.80. The molecular formula is C20H23N7O. The second-order valence-electron chi connectivity index (χ2n) is 6.65. The molecule has 8 heteroatoms. The van der Waals surface area contributed by atoms with Gasteiger partial charge < -0.3 is 9.88 Å². The van der Waals surface area contributed by atoms with E-state index in [9.17, 15) is 4.79 Å². The molecule has 1 unspecified atom stereocenters. The minimum Gasteiger partial charge on any atom is -0.345 e. The van der Waals surface area contributed by atoms with Crippen molar-refractivity contribution in [1.29, 1.82) is 0 Å². The van der Waals surface area contributed by atoms with Crippen molar-refractivity contribution < 1.29 is 4.79 Å². The van der Waals surface area contributed by atoms with Crippen molar-refractivity contribution in [2.45, 2.75) is 32.2 Å². The summed E-state index contributed by atoms with van der Waals surface area (Å²) in [5.41, 5.74) is 2.27. The highest BCUT2D eigenvalue weighted by Crippen LogP contribution is 2.30. The Balaban J connectivity index is 1.76. The Morgan fingerprint density at radius 3 is 2.86 bits per heavy atom. The number of hydrogen-bond acceptors (Lipinski definition) is 6. The molecule has 1 saturated heterocycles. The van der Waals surface area contributed by atoms with Gasteiger partial charge >= 0.3 is 0 Å². The van der Waals surface area contributed by atoms with E-state index in [-0.39, 0.29) is 11.9 Å². The summed E-state index contributed by atoms with van der Waals surface area (Å²) >= 11 is 0. The van der Waals surface area contributed by atoms with Crippen molar-refractivity contribution in [3.8, 4) is 0 Å². The van der Waals surface area contributed by atoms with Gasteiger partial charge in [0.2, 0.25) is 5.91 Å². The Labute approximate surface area is 163 Å². The molecule has 1 aliphatic rings. The number of H-pyrrole nitrogens is 1. The van der Waals surface area contributed by atoms with Crippen LogP contribution in [0, 0.1) is 0 Å². The van der Waals surface area contributed by atoms with Gasteiger partial charge in [-0.3, -0.25) is 14.7 Å². The van der Waals surface area contributed by atoms with Crippen LogP contribution in [-0.4, -0.2) is 51.3 Å². The number of aliphatic imine (C=N–C) groups is 1. The smallest absolute Gasteiger partial charge is 0.232 e. The maximum Gasteiger partial charge on any atom is 0.232 e. The molecule has 0 bridgehead atoms. The van der Waals surface area contributed by atoms with E-state index in [0.29, 0.717) is 12.1 Å². The third-order valence-electron chi connectivity index (χ3n) is 5.05. The average Bonchev–Trinajstić information content (AvgIpc) is 3.41. The summed E-state index contributed by atoms with van der Waals surface area (Å²) in [5, 5.41) is 0. The van der Waals surface area contributed by atoms with Crippen LogP contribution in [-0.2, 0) is 4.79 Å². The molecular weight excluding hydrogens is 354 g/mol.